The number of hydrogen-bond donors (Lipinski definition) is 1. The molecule has 1 aliphatic rings. The molecule has 0 saturated heterocycles. The van der Waals surface area contributed by atoms with Crippen LogP contribution in [0, 0.1) is 19.8 Å². The first-order chi connectivity index (χ1) is 11.2. The second kappa shape index (κ2) is 8.49. The van der Waals surface area contributed by atoms with Gasteiger partial charge in [-0.2, -0.15) is 0 Å². The molecule has 1 aliphatic heterocycles. The van der Waals surface area contributed by atoms with E-state index in [0.29, 0.717) is 12.5 Å². The van der Waals surface area contributed by atoms with Gasteiger partial charge in [-0.05, 0) is 44.0 Å². The zero-order valence-corrected chi connectivity index (χ0v) is 14.3. The minimum absolute atomic E-state index is 0.323. The second-order valence-electron chi connectivity index (χ2n) is 5.76. The molecule has 1 N–H and O–H groups in total. The summed E-state index contributed by atoms with van der Waals surface area (Å²) in [6.45, 7) is 9.57. The van der Waals surface area contributed by atoms with Gasteiger partial charge < -0.3 is 10.1 Å². The third kappa shape index (κ3) is 4.42. The number of aryl methyl sites for hydroxylation is 1. The molecule has 0 saturated carbocycles. The lowest BCUT2D eigenvalue weighted by molar-refractivity contribution is 0.253. The Labute approximate surface area is 139 Å². The summed E-state index contributed by atoms with van der Waals surface area (Å²) in [4.78, 5) is 4.63. The number of allylic oxidation sites excluding steroid dienone is 3. The predicted molar refractivity (Wildman–Crippen MR) is 98.7 cm³/mol. The Bertz CT molecular complexity index is 641. The highest BCUT2D eigenvalue weighted by Gasteiger charge is 2.15. The van der Waals surface area contributed by atoms with Crippen molar-refractivity contribution in [2.24, 2.45) is 10.9 Å². The van der Waals surface area contributed by atoms with Gasteiger partial charge in [0.05, 0.1) is 18.6 Å². The third-order valence-electron chi connectivity index (χ3n) is 4.13. The molecule has 1 aromatic carbocycles. The molecular weight excluding hydrogens is 284 g/mol. The van der Waals surface area contributed by atoms with Crippen molar-refractivity contribution in [2.75, 3.05) is 20.2 Å². The number of nitrogens with one attached hydrogen (secondary N) is 1. The van der Waals surface area contributed by atoms with Gasteiger partial charge in [-0.25, -0.2) is 0 Å². The summed E-state index contributed by atoms with van der Waals surface area (Å²) in [5.74, 6) is 0.323. The highest BCUT2D eigenvalue weighted by Crippen LogP contribution is 2.31. The maximum Gasteiger partial charge on any atom is 0.0997 e. The molecule has 1 atom stereocenters. The van der Waals surface area contributed by atoms with Gasteiger partial charge in [0, 0.05) is 24.3 Å². The van der Waals surface area contributed by atoms with E-state index in [-0.39, 0.29) is 0 Å². The molecule has 122 valence electrons. The number of ether oxygens (including phenoxy) is 1. The van der Waals surface area contributed by atoms with Gasteiger partial charge in [0.15, 0.2) is 0 Å². The smallest absolute Gasteiger partial charge is 0.0997 e. The molecule has 0 aliphatic carbocycles. The maximum absolute atomic E-state index is 5.73. The standard InChI is InChI=1S/C20H26N2O/c1-5-17-9-10-20(22-13-17)19(14-23-12-11-21-4)18-8-6-7-15(2)16(18)3/h5-8,10,13-14,17,21H,1,9,11-12H2,2-4H3/b19-14-. The van der Waals surface area contributed by atoms with Crippen LogP contribution < -0.4 is 5.32 Å². The first-order valence-corrected chi connectivity index (χ1v) is 8.07. The van der Waals surface area contributed by atoms with Crippen molar-refractivity contribution in [2.45, 2.75) is 20.3 Å². The lowest BCUT2D eigenvalue weighted by atomic mass is 9.93. The first-order valence-electron chi connectivity index (χ1n) is 8.07. The molecule has 3 heteroatoms. The number of hydrogen-bond acceptors (Lipinski definition) is 3. The molecule has 0 fully saturated rings. The van der Waals surface area contributed by atoms with E-state index in [1.165, 1.54) is 16.7 Å². The van der Waals surface area contributed by atoms with E-state index in [2.05, 4.69) is 55.0 Å². The highest BCUT2D eigenvalue weighted by molar-refractivity contribution is 5.83. The van der Waals surface area contributed by atoms with Gasteiger partial charge in [-0.1, -0.05) is 30.4 Å². The maximum atomic E-state index is 5.73. The number of aliphatic imine (C=N–C) groups is 1. The van der Waals surface area contributed by atoms with E-state index in [0.717, 1.165) is 24.2 Å². The van der Waals surface area contributed by atoms with Crippen LogP contribution >= 0.6 is 0 Å². The molecule has 1 unspecified atom stereocenters. The van der Waals surface area contributed by atoms with Crippen molar-refractivity contribution in [3.63, 3.8) is 0 Å². The quantitative estimate of drug-likeness (QED) is 0.468. The van der Waals surface area contributed by atoms with Crippen molar-refractivity contribution >= 4 is 11.8 Å². The van der Waals surface area contributed by atoms with Crippen LogP contribution in [-0.2, 0) is 4.74 Å². The van der Waals surface area contributed by atoms with Crippen LogP contribution in [0.5, 0.6) is 0 Å². The minimum atomic E-state index is 0.323. The molecular formula is C20H26N2O. The highest BCUT2D eigenvalue weighted by atomic mass is 16.5. The number of rotatable bonds is 7. The SMILES string of the molecule is C=CC1C=NC(/C(=C\OCCNC)c2cccc(C)c2C)=CC1. The Hall–Kier alpha value is -2.13. The predicted octanol–water partition coefficient (Wildman–Crippen LogP) is 4.04. The van der Waals surface area contributed by atoms with Crippen LogP contribution in [0.1, 0.15) is 23.1 Å². The molecule has 0 aromatic heterocycles. The van der Waals surface area contributed by atoms with Gasteiger partial charge in [-0.3, -0.25) is 4.99 Å². The van der Waals surface area contributed by atoms with Crippen molar-refractivity contribution in [1.29, 1.82) is 0 Å². The number of likely N-dealkylation sites (N-methyl/N-ethyl adjacent to an activating group) is 1. The van der Waals surface area contributed by atoms with E-state index in [4.69, 9.17) is 4.74 Å². The van der Waals surface area contributed by atoms with Gasteiger partial charge in [0.2, 0.25) is 0 Å². The van der Waals surface area contributed by atoms with Crippen LogP contribution in [0.25, 0.3) is 5.57 Å². The average molecular weight is 310 g/mol. The fourth-order valence-electron chi connectivity index (χ4n) is 2.48. The molecule has 0 bridgehead atoms. The van der Waals surface area contributed by atoms with Crippen LogP contribution in [0.3, 0.4) is 0 Å². The van der Waals surface area contributed by atoms with Crippen molar-refractivity contribution in [3.8, 4) is 0 Å². The fourth-order valence-corrected chi connectivity index (χ4v) is 2.48. The molecule has 0 amide bonds. The summed E-state index contributed by atoms with van der Waals surface area (Å²) in [6, 6.07) is 6.34. The summed E-state index contributed by atoms with van der Waals surface area (Å²) >= 11 is 0. The molecule has 2 rings (SSSR count). The van der Waals surface area contributed by atoms with E-state index in [9.17, 15) is 0 Å². The van der Waals surface area contributed by atoms with Crippen LogP contribution in [-0.4, -0.2) is 26.4 Å². The Morgan fingerprint density at radius 1 is 1.43 bits per heavy atom. The summed E-state index contributed by atoms with van der Waals surface area (Å²) in [5.41, 5.74) is 5.73. The van der Waals surface area contributed by atoms with E-state index >= 15 is 0 Å². The molecule has 23 heavy (non-hydrogen) atoms. The Kier molecular flexibility index (Phi) is 6.36. The van der Waals surface area contributed by atoms with Crippen LogP contribution in [0.2, 0.25) is 0 Å². The van der Waals surface area contributed by atoms with Crippen molar-refractivity contribution in [3.05, 3.63) is 65.6 Å². The lowest BCUT2D eigenvalue weighted by Gasteiger charge is -2.17. The monoisotopic (exact) mass is 310 g/mol. The van der Waals surface area contributed by atoms with Gasteiger partial charge >= 0.3 is 0 Å². The molecule has 1 heterocycles. The Morgan fingerprint density at radius 3 is 2.91 bits per heavy atom. The summed E-state index contributed by atoms with van der Waals surface area (Å²) in [7, 11) is 1.92. The summed E-state index contributed by atoms with van der Waals surface area (Å²) < 4.78 is 5.73. The fraction of sp³-hybridized carbons (Fsp3) is 0.350. The van der Waals surface area contributed by atoms with Crippen molar-refractivity contribution in [1.82, 2.24) is 5.32 Å². The second-order valence-corrected chi connectivity index (χ2v) is 5.76. The normalized spacial score (nSPS) is 17.8. The number of benzene rings is 1. The Balaban J connectivity index is 2.33. The van der Waals surface area contributed by atoms with E-state index in [1.807, 2.05) is 25.6 Å². The lowest BCUT2D eigenvalue weighted by Crippen LogP contribution is -2.12. The largest absolute Gasteiger partial charge is 0.499 e. The Morgan fingerprint density at radius 2 is 2.26 bits per heavy atom. The summed E-state index contributed by atoms with van der Waals surface area (Å²) in [5, 5.41) is 3.09. The van der Waals surface area contributed by atoms with Crippen LogP contribution in [0.15, 0.2) is 53.9 Å². The zero-order chi connectivity index (χ0) is 16.7. The zero-order valence-electron chi connectivity index (χ0n) is 14.3. The number of nitrogens with zero attached hydrogens (tertiary/aromatic N) is 1. The molecule has 0 radical (unpaired) electrons. The topological polar surface area (TPSA) is 33.6 Å². The summed E-state index contributed by atoms with van der Waals surface area (Å²) in [6.07, 6.45) is 8.84. The van der Waals surface area contributed by atoms with Gasteiger partial charge in [-0.15, -0.1) is 6.58 Å². The van der Waals surface area contributed by atoms with E-state index < -0.39 is 0 Å². The molecule has 0 spiro atoms. The van der Waals surface area contributed by atoms with Gasteiger partial charge in [0.1, 0.15) is 0 Å². The molecule has 1 aromatic rings. The molecule has 3 nitrogen and oxygen atoms in total. The average Bonchev–Trinajstić information content (AvgIpc) is 2.58. The minimum Gasteiger partial charge on any atom is -0.499 e. The van der Waals surface area contributed by atoms with Crippen molar-refractivity contribution < 1.29 is 4.74 Å². The first kappa shape index (κ1) is 17.2. The van der Waals surface area contributed by atoms with Gasteiger partial charge in [0.25, 0.3) is 0 Å². The van der Waals surface area contributed by atoms with E-state index in [1.54, 1.807) is 0 Å². The van der Waals surface area contributed by atoms with Crippen LogP contribution in [0.4, 0.5) is 0 Å². The third-order valence-corrected chi connectivity index (χ3v) is 4.13.